The number of piperidine rings is 1. The van der Waals surface area contributed by atoms with Crippen LogP contribution >= 0.6 is 0 Å². The average molecular weight is 385 g/mol. The van der Waals surface area contributed by atoms with E-state index in [0.29, 0.717) is 26.1 Å². The Balaban J connectivity index is 1.51. The van der Waals surface area contributed by atoms with Crippen LogP contribution in [0.2, 0.25) is 0 Å². The summed E-state index contributed by atoms with van der Waals surface area (Å²) in [5.74, 6) is 1.04. The van der Waals surface area contributed by atoms with Crippen molar-refractivity contribution >= 4 is 11.6 Å². The SMILES string of the molecule is COc1ccc(CC(=O)N2C[C@H]3C[C@H](C2)c2ccc([NH+]([O-])O)c(=O)n2C3)cc1. The Bertz CT molecular complexity index is 938. The van der Waals surface area contributed by atoms with Gasteiger partial charge in [0.2, 0.25) is 11.6 Å². The summed E-state index contributed by atoms with van der Waals surface area (Å²) in [6.45, 7) is 1.60. The van der Waals surface area contributed by atoms with Crippen molar-refractivity contribution in [1.29, 1.82) is 0 Å². The van der Waals surface area contributed by atoms with Crippen LogP contribution in [0.1, 0.15) is 23.6 Å². The lowest BCUT2D eigenvalue weighted by Gasteiger charge is -2.43. The van der Waals surface area contributed by atoms with Gasteiger partial charge in [-0.3, -0.25) is 9.59 Å². The molecule has 4 rings (SSSR count). The van der Waals surface area contributed by atoms with Gasteiger partial charge >= 0.3 is 5.56 Å². The predicted molar refractivity (Wildman–Crippen MR) is 101 cm³/mol. The molecule has 3 atom stereocenters. The second-order valence-electron chi connectivity index (χ2n) is 7.52. The summed E-state index contributed by atoms with van der Waals surface area (Å²) >= 11 is 0. The number of carbonyl (C=O) groups is 1. The molecule has 0 aliphatic carbocycles. The lowest BCUT2D eigenvalue weighted by molar-refractivity contribution is -0.992. The molecule has 0 radical (unpaired) electrons. The molecule has 2 N–H and O–H groups in total. The zero-order valence-electron chi connectivity index (χ0n) is 15.6. The fourth-order valence-electron chi connectivity index (χ4n) is 4.34. The molecule has 1 amide bonds. The van der Waals surface area contributed by atoms with E-state index in [1.807, 2.05) is 29.2 Å². The van der Waals surface area contributed by atoms with Crippen LogP contribution in [-0.4, -0.2) is 40.8 Å². The van der Waals surface area contributed by atoms with Crippen molar-refractivity contribution in [3.8, 4) is 5.75 Å². The van der Waals surface area contributed by atoms with Gasteiger partial charge in [-0.05, 0) is 36.1 Å². The second-order valence-corrected chi connectivity index (χ2v) is 7.52. The molecule has 2 bridgehead atoms. The van der Waals surface area contributed by atoms with E-state index in [-0.39, 0.29) is 23.4 Å². The molecule has 8 nitrogen and oxygen atoms in total. The number of ether oxygens (including phenoxy) is 1. The Morgan fingerprint density at radius 2 is 1.96 bits per heavy atom. The number of pyridine rings is 1. The summed E-state index contributed by atoms with van der Waals surface area (Å²) in [5, 5.41) is 19.2. The van der Waals surface area contributed by atoms with Crippen LogP contribution in [0.15, 0.2) is 41.2 Å². The second kappa shape index (κ2) is 7.38. The van der Waals surface area contributed by atoms with Crippen molar-refractivity contribution in [3.63, 3.8) is 0 Å². The van der Waals surface area contributed by atoms with Gasteiger partial charge in [0, 0.05) is 37.3 Å². The zero-order chi connectivity index (χ0) is 19.8. The van der Waals surface area contributed by atoms with Crippen molar-refractivity contribution < 1.29 is 20.0 Å². The first-order valence-electron chi connectivity index (χ1n) is 9.34. The van der Waals surface area contributed by atoms with Gasteiger partial charge in [-0.15, -0.1) is 0 Å². The Morgan fingerprint density at radius 3 is 2.64 bits per heavy atom. The Labute approximate surface area is 162 Å². The lowest BCUT2D eigenvalue weighted by atomic mass is 9.83. The van der Waals surface area contributed by atoms with Crippen LogP contribution in [0.3, 0.4) is 0 Å². The third-order valence-corrected chi connectivity index (χ3v) is 5.70. The van der Waals surface area contributed by atoms with Crippen molar-refractivity contribution in [1.82, 2.24) is 9.47 Å². The number of methoxy groups -OCH3 is 1. The molecule has 0 spiro atoms. The molecule has 2 aromatic rings. The number of hydrogen-bond acceptors (Lipinski definition) is 5. The maximum Gasteiger partial charge on any atom is 0.315 e. The van der Waals surface area contributed by atoms with E-state index in [1.54, 1.807) is 17.7 Å². The Morgan fingerprint density at radius 1 is 1.21 bits per heavy atom. The predicted octanol–water partition coefficient (Wildman–Crippen LogP) is 0.449. The number of nitrogens with one attached hydrogen (secondary N) is 1. The number of hydrogen-bond donors (Lipinski definition) is 2. The third-order valence-electron chi connectivity index (χ3n) is 5.70. The van der Waals surface area contributed by atoms with Crippen molar-refractivity contribution in [2.45, 2.75) is 25.3 Å². The van der Waals surface area contributed by atoms with Gasteiger partial charge in [0.15, 0.2) is 0 Å². The first kappa shape index (κ1) is 18.7. The number of aromatic nitrogens is 1. The topological polar surface area (TPSA) is 99.3 Å². The summed E-state index contributed by atoms with van der Waals surface area (Å²) in [6, 6.07) is 10.6. The number of benzene rings is 1. The smallest absolute Gasteiger partial charge is 0.315 e. The van der Waals surface area contributed by atoms with Gasteiger partial charge in [-0.2, -0.15) is 5.23 Å². The number of quaternary nitrogens is 1. The minimum Gasteiger partial charge on any atom is -0.595 e. The molecular formula is C20H23N3O5. The normalized spacial score (nSPS) is 21.8. The maximum absolute atomic E-state index is 12.8. The van der Waals surface area contributed by atoms with E-state index >= 15 is 0 Å². The fraction of sp³-hybridized carbons (Fsp3) is 0.400. The molecule has 3 heterocycles. The minimum absolute atomic E-state index is 0.0582. The van der Waals surface area contributed by atoms with Crippen LogP contribution in [0.5, 0.6) is 5.75 Å². The molecule has 28 heavy (non-hydrogen) atoms. The Kier molecular flexibility index (Phi) is 4.92. The summed E-state index contributed by atoms with van der Waals surface area (Å²) in [7, 11) is 1.61. The van der Waals surface area contributed by atoms with Crippen molar-refractivity contribution in [3.05, 3.63) is 63.2 Å². The average Bonchev–Trinajstić information content (AvgIpc) is 2.69. The number of amides is 1. The van der Waals surface area contributed by atoms with E-state index in [1.165, 1.54) is 6.07 Å². The number of carbonyl (C=O) groups excluding carboxylic acids is 1. The first-order chi connectivity index (χ1) is 13.5. The van der Waals surface area contributed by atoms with Crippen molar-refractivity contribution in [2.75, 3.05) is 20.2 Å². The van der Waals surface area contributed by atoms with Gasteiger partial charge in [-0.25, -0.2) is 5.21 Å². The molecule has 2 aliphatic rings. The van der Waals surface area contributed by atoms with Gasteiger partial charge < -0.3 is 19.4 Å². The van der Waals surface area contributed by atoms with E-state index in [9.17, 15) is 20.0 Å². The molecule has 1 aromatic heterocycles. The molecule has 1 fully saturated rings. The van der Waals surface area contributed by atoms with Gasteiger partial charge in [0.1, 0.15) is 5.75 Å². The van der Waals surface area contributed by atoms with Gasteiger partial charge in [-0.1, -0.05) is 12.1 Å². The van der Waals surface area contributed by atoms with Crippen LogP contribution in [0.4, 0.5) is 5.69 Å². The summed E-state index contributed by atoms with van der Waals surface area (Å²) < 4.78 is 6.74. The van der Waals surface area contributed by atoms with E-state index < -0.39 is 10.8 Å². The maximum atomic E-state index is 12.8. The summed E-state index contributed by atoms with van der Waals surface area (Å²) in [5.41, 5.74) is 1.12. The molecule has 1 unspecified atom stereocenters. The zero-order valence-corrected chi connectivity index (χ0v) is 15.6. The standard InChI is InChI=1S/C20H23N3O5/c1-28-16-4-2-13(3-5-16)9-19(24)21-10-14-8-15(12-21)17-6-7-18(23(26)27)20(25)22(17)11-14/h2-7,14-15,23,26H,8-12H2,1H3/t14-,15-/m1/s1. The van der Waals surface area contributed by atoms with E-state index in [0.717, 1.165) is 23.4 Å². The highest BCUT2D eigenvalue weighted by molar-refractivity contribution is 5.79. The van der Waals surface area contributed by atoms with Crippen LogP contribution in [0, 0.1) is 11.1 Å². The van der Waals surface area contributed by atoms with Crippen LogP contribution in [-0.2, 0) is 17.8 Å². The van der Waals surface area contributed by atoms with Gasteiger partial charge in [0.25, 0.3) is 0 Å². The largest absolute Gasteiger partial charge is 0.595 e. The highest BCUT2D eigenvalue weighted by Crippen LogP contribution is 2.35. The molecule has 0 saturated carbocycles. The fourth-order valence-corrected chi connectivity index (χ4v) is 4.34. The molecule has 8 heteroatoms. The number of rotatable bonds is 4. The highest BCUT2D eigenvalue weighted by Gasteiger charge is 2.37. The quantitative estimate of drug-likeness (QED) is 0.745. The van der Waals surface area contributed by atoms with E-state index in [4.69, 9.17) is 4.74 Å². The first-order valence-corrected chi connectivity index (χ1v) is 9.34. The molecule has 1 aromatic carbocycles. The molecule has 148 valence electrons. The van der Waals surface area contributed by atoms with Crippen LogP contribution < -0.4 is 15.5 Å². The molecular weight excluding hydrogens is 362 g/mol. The lowest BCUT2D eigenvalue weighted by Crippen LogP contribution is -3.00. The van der Waals surface area contributed by atoms with Crippen LogP contribution in [0.25, 0.3) is 0 Å². The monoisotopic (exact) mass is 385 g/mol. The Hall–Kier alpha value is -2.68. The molecule has 2 aliphatic heterocycles. The summed E-state index contributed by atoms with van der Waals surface area (Å²) in [4.78, 5) is 27.2. The molecule has 1 saturated heterocycles. The third kappa shape index (κ3) is 3.42. The van der Waals surface area contributed by atoms with E-state index in [2.05, 4.69) is 0 Å². The van der Waals surface area contributed by atoms with Crippen molar-refractivity contribution in [2.24, 2.45) is 5.92 Å². The van der Waals surface area contributed by atoms with Gasteiger partial charge in [0.05, 0.1) is 13.5 Å². The highest BCUT2D eigenvalue weighted by atomic mass is 16.8. The minimum atomic E-state index is -1.20. The number of nitrogens with zero attached hydrogens (tertiary/aromatic N) is 2. The summed E-state index contributed by atoms with van der Waals surface area (Å²) in [6.07, 6.45) is 1.24. The number of fused-ring (bicyclic) bond motifs is 4. The number of likely N-dealkylation sites (tertiary alicyclic amines) is 1.